The second-order valence-corrected chi connectivity index (χ2v) is 14.7. The number of nitrogens with one attached hydrogen (secondary N) is 1. The lowest BCUT2D eigenvalue weighted by Gasteiger charge is -2.29. The summed E-state index contributed by atoms with van der Waals surface area (Å²) < 4.78 is 21.5. The van der Waals surface area contributed by atoms with Crippen LogP contribution in [-0.4, -0.2) is 70.7 Å². The van der Waals surface area contributed by atoms with Crippen molar-refractivity contribution < 1.29 is 28.7 Å². The van der Waals surface area contributed by atoms with Gasteiger partial charge in [-0.05, 0) is 79.6 Å². The van der Waals surface area contributed by atoms with Gasteiger partial charge in [0, 0.05) is 42.2 Å². The van der Waals surface area contributed by atoms with Crippen molar-refractivity contribution in [3.63, 3.8) is 0 Å². The van der Waals surface area contributed by atoms with E-state index in [-0.39, 0.29) is 30.1 Å². The fourth-order valence-corrected chi connectivity index (χ4v) is 8.40. The van der Waals surface area contributed by atoms with E-state index in [1.54, 1.807) is 18.2 Å². The van der Waals surface area contributed by atoms with Crippen LogP contribution in [-0.2, 0) is 24.2 Å². The molecule has 0 spiro atoms. The van der Waals surface area contributed by atoms with Gasteiger partial charge in [0.2, 0.25) is 0 Å². The molecule has 4 heterocycles. The number of thiazole rings is 2. The Bertz CT molecular complexity index is 2120. The monoisotopic (exact) mass is 740 g/mol. The Morgan fingerprint density at radius 3 is 2.69 bits per heavy atom. The number of nitrogens with two attached hydrogens (primary N) is 1. The van der Waals surface area contributed by atoms with E-state index in [9.17, 15) is 19.1 Å². The minimum absolute atomic E-state index is 0.00106. The molecule has 4 N–H and O–H groups in total. The van der Waals surface area contributed by atoms with E-state index < -0.39 is 11.8 Å². The van der Waals surface area contributed by atoms with Crippen LogP contribution in [0.3, 0.4) is 0 Å². The van der Waals surface area contributed by atoms with Crippen molar-refractivity contribution in [2.24, 2.45) is 5.90 Å². The van der Waals surface area contributed by atoms with Gasteiger partial charge in [0.05, 0.1) is 29.5 Å². The van der Waals surface area contributed by atoms with Crippen LogP contribution >= 0.6 is 22.7 Å². The Kier molecular flexibility index (Phi) is 11.0. The zero-order valence-corrected chi connectivity index (χ0v) is 29.9. The summed E-state index contributed by atoms with van der Waals surface area (Å²) in [6, 6.07) is 18.1. The number of nitrogens with zero attached hydrogens (tertiary/aromatic N) is 4. The molecule has 1 saturated heterocycles. The molecule has 0 bridgehead atoms. The van der Waals surface area contributed by atoms with E-state index in [0.29, 0.717) is 65.2 Å². The molecule has 5 aromatic rings. The number of aryl methyl sites for hydroxylation is 1. The molecule has 3 aromatic carbocycles. The molecule has 52 heavy (non-hydrogen) atoms. The van der Waals surface area contributed by atoms with Crippen LogP contribution in [0.4, 0.5) is 14.7 Å². The van der Waals surface area contributed by atoms with Crippen LogP contribution in [0.15, 0.2) is 60.7 Å². The third-order valence-electron chi connectivity index (χ3n) is 9.19. The lowest BCUT2D eigenvalue weighted by Crippen LogP contribution is -2.38. The maximum atomic E-state index is 14.8. The summed E-state index contributed by atoms with van der Waals surface area (Å²) in [7, 11) is 0. The van der Waals surface area contributed by atoms with Crippen molar-refractivity contribution in [3.05, 3.63) is 99.3 Å². The minimum Gasteiger partial charge on any atom is -0.491 e. The molecule has 7 rings (SSSR count). The molecular formula is C38H37FN6O5S2. The van der Waals surface area contributed by atoms with Crippen molar-refractivity contribution >= 4 is 55.0 Å². The van der Waals surface area contributed by atoms with Crippen LogP contribution in [0, 0.1) is 17.7 Å². The number of para-hydroxylation sites is 1. The second-order valence-electron chi connectivity index (χ2n) is 12.6. The summed E-state index contributed by atoms with van der Waals surface area (Å²) in [6.07, 6.45) is 3.37. The quantitative estimate of drug-likeness (QED) is 0.0824. The van der Waals surface area contributed by atoms with Gasteiger partial charge in [-0.25, -0.2) is 25.0 Å². The topological polar surface area (TPSA) is 143 Å². The van der Waals surface area contributed by atoms with Gasteiger partial charge in [-0.3, -0.25) is 15.0 Å². The first-order chi connectivity index (χ1) is 25.3. The highest BCUT2D eigenvalue weighted by Gasteiger charge is 2.27. The zero-order chi connectivity index (χ0) is 36.0. The molecule has 11 nitrogen and oxygen atoms in total. The lowest BCUT2D eigenvalue weighted by molar-refractivity contribution is 0.00926. The number of halogens is 1. The molecule has 2 aromatic heterocycles. The molecule has 1 amide bonds. The summed E-state index contributed by atoms with van der Waals surface area (Å²) in [5.74, 6) is 9.67. The number of hydrogen-bond acceptors (Lipinski definition) is 11. The summed E-state index contributed by atoms with van der Waals surface area (Å²) in [6.45, 7) is 3.54. The molecule has 2 aliphatic rings. The van der Waals surface area contributed by atoms with Gasteiger partial charge >= 0.3 is 5.97 Å². The number of carboxylic acid groups (broad SMARTS) is 1. The van der Waals surface area contributed by atoms with Gasteiger partial charge in [-0.2, -0.15) is 0 Å². The van der Waals surface area contributed by atoms with Crippen molar-refractivity contribution in [1.82, 2.24) is 14.9 Å². The van der Waals surface area contributed by atoms with Crippen LogP contribution in [0.1, 0.15) is 61.7 Å². The Hall–Kier alpha value is -4.91. The standard InChI is InChI=1S/C38H37FN6O5S2/c39-29-22-24(6-4-17-44-18-15-26(50-40)16-19-44)12-13-31(29)49-21-5-11-33-34(36(47)48)42-38(52-33)45-20-14-25-7-3-8-27(28(25)23-45)35(46)43-37-41-30-9-1-2-10-32(30)51-37/h1-3,7-10,12-13,22,26H,5,11,14-21,23,40H2,(H,47,48)(H,41,43,46). The number of carboxylic acids is 1. The minimum atomic E-state index is -1.11. The van der Waals surface area contributed by atoms with Crippen LogP contribution < -0.4 is 20.9 Å². The Balaban J connectivity index is 0.949. The molecule has 0 atom stereocenters. The van der Waals surface area contributed by atoms with Crippen molar-refractivity contribution in [3.8, 4) is 17.6 Å². The molecule has 0 unspecified atom stereocenters. The molecule has 2 aliphatic heterocycles. The molecular weight excluding hydrogens is 704 g/mol. The van der Waals surface area contributed by atoms with Crippen molar-refractivity contribution in [2.75, 3.05) is 43.0 Å². The average Bonchev–Trinajstić information content (AvgIpc) is 3.78. The van der Waals surface area contributed by atoms with Crippen molar-refractivity contribution in [1.29, 1.82) is 0 Å². The summed E-state index contributed by atoms with van der Waals surface area (Å²) in [4.78, 5) is 44.4. The molecule has 0 saturated carbocycles. The van der Waals surface area contributed by atoms with E-state index in [2.05, 4.69) is 32.0 Å². The maximum Gasteiger partial charge on any atom is 0.355 e. The number of carbonyl (C=O) groups excluding carboxylic acids is 1. The number of ether oxygens (including phenoxy) is 1. The van der Waals surface area contributed by atoms with Crippen LogP contribution in [0.2, 0.25) is 0 Å². The van der Waals surface area contributed by atoms with Gasteiger partial charge < -0.3 is 19.6 Å². The maximum absolute atomic E-state index is 14.8. The Labute approximate surface area is 308 Å². The van der Waals surface area contributed by atoms with Crippen LogP contribution in [0.25, 0.3) is 10.2 Å². The van der Waals surface area contributed by atoms with E-state index in [0.717, 1.165) is 47.3 Å². The number of benzene rings is 3. The smallest absolute Gasteiger partial charge is 0.355 e. The number of anilines is 2. The lowest BCUT2D eigenvalue weighted by atomic mass is 9.94. The van der Waals surface area contributed by atoms with Gasteiger partial charge in [-0.15, -0.1) is 11.3 Å². The number of piperidine rings is 1. The largest absolute Gasteiger partial charge is 0.491 e. The normalized spacial score (nSPS) is 14.8. The number of aromatic carboxylic acids is 1. The molecule has 0 aliphatic carbocycles. The Morgan fingerprint density at radius 1 is 1.06 bits per heavy atom. The van der Waals surface area contributed by atoms with E-state index in [1.807, 2.05) is 41.3 Å². The number of amides is 1. The Morgan fingerprint density at radius 2 is 1.90 bits per heavy atom. The highest BCUT2D eigenvalue weighted by atomic mass is 32.1. The third-order valence-corrected chi connectivity index (χ3v) is 11.3. The third kappa shape index (κ3) is 8.25. The SMILES string of the molecule is NOC1CCN(CC#Cc2ccc(OCCCc3sc(N4CCc5cccc(C(=O)Nc6nc7ccccc7s6)c5C4)nc3C(=O)O)c(F)c2)CC1. The number of likely N-dealkylation sites (tertiary alicyclic amines) is 1. The van der Waals surface area contributed by atoms with E-state index in [1.165, 1.54) is 28.7 Å². The highest BCUT2D eigenvalue weighted by molar-refractivity contribution is 7.22. The predicted octanol–water partition coefficient (Wildman–Crippen LogP) is 6.12. The zero-order valence-electron chi connectivity index (χ0n) is 28.3. The molecule has 0 radical (unpaired) electrons. The number of fused-ring (bicyclic) bond motifs is 2. The van der Waals surface area contributed by atoms with Crippen LogP contribution in [0.5, 0.6) is 5.75 Å². The van der Waals surface area contributed by atoms with Gasteiger partial charge in [0.25, 0.3) is 5.91 Å². The van der Waals surface area contributed by atoms with Crippen molar-refractivity contribution in [2.45, 2.75) is 44.8 Å². The number of aromatic nitrogens is 2. The fraction of sp³-hybridized carbons (Fsp3) is 0.316. The van der Waals surface area contributed by atoms with Gasteiger partial charge in [0.1, 0.15) is 0 Å². The van der Waals surface area contributed by atoms with E-state index >= 15 is 0 Å². The fourth-order valence-electron chi connectivity index (χ4n) is 6.43. The van der Waals surface area contributed by atoms with Gasteiger partial charge in [0.15, 0.2) is 27.5 Å². The number of carbonyl (C=O) groups is 2. The first-order valence-electron chi connectivity index (χ1n) is 17.1. The predicted molar refractivity (Wildman–Crippen MR) is 200 cm³/mol. The summed E-state index contributed by atoms with van der Waals surface area (Å²) in [5, 5.41) is 14.0. The molecule has 1 fully saturated rings. The first kappa shape index (κ1) is 35.5. The van der Waals surface area contributed by atoms with E-state index in [4.69, 9.17) is 15.5 Å². The second kappa shape index (κ2) is 16.2. The number of hydrogen-bond donors (Lipinski definition) is 3. The summed E-state index contributed by atoms with van der Waals surface area (Å²) >= 11 is 2.74. The average molecular weight is 741 g/mol. The number of rotatable bonds is 11. The molecule has 14 heteroatoms. The highest BCUT2D eigenvalue weighted by Crippen LogP contribution is 2.33. The molecule has 268 valence electrons. The van der Waals surface area contributed by atoms with Gasteiger partial charge in [-0.1, -0.05) is 47.4 Å². The first-order valence-corrected chi connectivity index (χ1v) is 18.7. The summed E-state index contributed by atoms with van der Waals surface area (Å²) in [5.41, 5.74) is 3.90.